The van der Waals surface area contributed by atoms with Gasteiger partial charge in [0.25, 0.3) is 0 Å². The fourth-order valence-corrected chi connectivity index (χ4v) is 4.01. The molecule has 1 aliphatic rings. The minimum atomic E-state index is 0.164. The van der Waals surface area contributed by atoms with Crippen LogP contribution in [-0.2, 0) is 17.9 Å². The molecule has 0 N–H and O–H groups in total. The third kappa shape index (κ3) is 3.34. The number of aromatic nitrogens is 1. The van der Waals surface area contributed by atoms with Crippen LogP contribution in [0.5, 0.6) is 0 Å². The molecule has 1 aromatic heterocycles. The lowest BCUT2D eigenvalue weighted by Gasteiger charge is -2.23. The summed E-state index contributed by atoms with van der Waals surface area (Å²) >= 11 is 7.88. The van der Waals surface area contributed by atoms with Crippen molar-refractivity contribution in [3.8, 4) is 10.6 Å². The maximum absolute atomic E-state index is 12.4. The number of hydrogen-bond donors (Lipinski definition) is 0. The predicted molar refractivity (Wildman–Crippen MR) is 99.3 cm³/mol. The number of benzene rings is 1. The first-order chi connectivity index (χ1) is 11.4. The van der Waals surface area contributed by atoms with Crippen molar-refractivity contribution in [2.45, 2.75) is 39.9 Å². The molecule has 24 heavy (non-hydrogen) atoms. The second-order valence-electron chi connectivity index (χ2n) is 6.56. The van der Waals surface area contributed by atoms with Crippen molar-refractivity contribution in [2.24, 2.45) is 0 Å². The molecule has 0 unspecified atom stereocenters. The molecule has 0 atom stereocenters. The van der Waals surface area contributed by atoms with Gasteiger partial charge in [0.05, 0.1) is 25.3 Å². The van der Waals surface area contributed by atoms with Gasteiger partial charge in [0.2, 0.25) is 5.91 Å². The molecule has 0 spiro atoms. The van der Waals surface area contributed by atoms with Gasteiger partial charge in [0.15, 0.2) is 0 Å². The van der Waals surface area contributed by atoms with E-state index >= 15 is 0 Å². The Morgan fingerprint density at radius 3 is 2.83 bits per heavy atom. The average molecular weight is 364 g/mol. The van der Waals surface area contributed by atoms with Gasteiger partial charge in [0.1, 0.15) is 5.01 Å². The van der Waals surface area contributed by atoms with E-state index in [9.17, 15) is 4.79 Å². The summed E-state index contributed by atoms with van der Waals surface area (Å²) in [5, 5.41) is 1.75. The Morgan fingerprint density at radius 1 is 1.42 bits per heavy atom. The highest BCUT2D eigenvalue weighted by Crippen LogP contribution is 2.36. The normalized spacial score (nSPS) is 13.9. The van der Waals surface area contributed by atoms with Crippen LogP contribution in [0.2, 0.25) is 5.02 Å². The Morgan fingerprint density at radius 2 is 2.17 bits per heavy atom. The first-order valence-electron chi connectivity index (χ1n) is 8.09. The van der Waals surface area contributed by atoms with Crippen LogP contribution in [0.15, 0.2) is 18.2 Å². The molecule has 128 valence electrons. The lowest BCUT2D eigenvalue weighted by Crippen LogP contribution is -2.38. The molecule has 2 aromatic rings. The van der Waals surface area contributed by atoms with Crippen molar-refractivity contribution >= 4 is 28.8 Å². The van der Waals surface area contributed by atoms with Gasteiger partial charge in [-0.3, -0.25) is 9.69 Å². The van der Waals surface area contributed by atoms with Crippen LogP contribution in [-0.4, -0.2) is 40.3 Å². The number of likely N-dealkylation sites (N-methyl/N-ethyl adjacent to an activating group) is 1. The third-order valence-electron chi connectivity index (χ3n) is 4.57. The van der Waals surface area contributed by atoms with Gasteiger partial charge < -0.3 is 4.90 Å². The molecule has 4 nitrogen and oxygen atoms in total. The van der Waals surface area contributed by atoms with Crippen molar-refractivity contribution in [1.29, 1.82) is 0 Å². The molecule has 6 heteroatoms. The van der Waals surface area contributed by atoms with Crippen molar-refractivity contribution in [2.75, 3.05) is 13.6 Å². The van der Waals surface area contributed by atoms with Gasteiger partial charge in [-0.1, -0.05) is 23.7 Å². The van der Waals surface area contributed by atoms with Crippen LogP contribution in [0.25, 0.3) is 10.6 Å². The van der Waals surface area contributed by atoms with E-state index in [2.05, 4.69) is 24.8 Å². The quantitative estimate of drug-likeness (QED) is 0.825. The molecular formula is C18H22ClN3OS. The first kappa shape index (κ1) is 17.4. The molecule has 2 heterocycles. The standard InChI is InChI=1S/C18H22ClN3OS/c1-11(2)21(4)10-17(23)22-8-15-16(9-22)24-18(20-15)13-6-5-7-14(19)12(13)3/h5-7,11H,8-10H2,1-4H3. The Hall–Kier alpha value is -1.43. The highest BCUT2D eigenvalue weighted by atomic mass is 35.5. The molecule has 0 saturated carbocycles. The minimum absolute atomic E-state index is 0.164. The molecule has 1 aromatic carbocycles. The number of carbonyl (C=O) groups excluding carboxylic acids is 1. The molecule has 3 rings (SSSR count). The summed E-state index contributed by atoms with van der Waals surface area (Å²) in [6.07, 6.45) is 0. The first-order valence-corrected chi connectivity index (χ1v) is 9.28. The number of fused-ring (bicyclic) bond motifs is 1. The molecule has 0 saturated heterocycles. The number of amides is 1. The number of thiazole rings is 1. The van der Waals surface area contributed by atoms with E-state index in [1.165, 1.54) is 4.88 Å². The monoisotopic (exact) mass is 363 g/mol. The Bertz CT molecular complexity index is 748. The summed E-state index contributed by atoms with van der Waals surface area (Å²) in [5.74, 6) is 0.164. The van der Waals surface area contributed by atoms with Crippen LogP contribution in [0, 0.1) is 6.92 Å². The highest BCUT2D eigenvalue weighted by Gasteiger charge is 2.28. The molecule has 0 fully saturated rings. The lowest BCUT2D eigenvalue weighted by molar-refractivity contribution is -0.133. The van der Waals surface area contributed by atoms with Crippen molar-refractivity contribution in [1.82, 2.24) is 14.8 Å². The fourth-order valence-electron chi connectivity index (χ4n) is 2.67. The van der Waals surface area contributed by atoms with E-state index in [4.69, 9.17) is 16.6 Å². The van der Waals surface area contributed by atoms with Crippen molar-refractivity contribution < 1.29 is 4.79 Å². The Kier molecular flexibility index (Phi) is 4.95. The number of rotatable bonds is 4. The number of nitrogens with zero attached hydrogens (tertiary/aromatic N) is 3. The van der Waals surface area contributed by atoms with Crippen molar-refractivity contribution in [3.05, 3.63) is 39.4 Å². The zero-order valence-electron chi connectivity index (χ0n) is 14.5. The molecular weight excluding hydrogens is 342 g/mol. The Labute approximate surface area is 152 Å². The summed E-state index contributed by atoms with van der Waals surface area (Å²) in [5.41, 5.74) is 3.16. The fraction of sp³-hybridized carbons (Fsp3) is 0.444. The van der Waals surface area contributed by atoms with E-state index in [-0.39, 0.29) is 5.91 Å². The summed E-state index contributed by atoms with van der Waals surface area (Å²) < 4.78 is 0. The summed E-state index contributed by atoms with van der Waals surface area (Å²) in [7, 11) is 1.98. The van der Waals surface area contributed by atoms with E-state index in [0.717, 1.165) is 26.9 Å². The van der Waals surface area contributed by atoms with Crippen LogP contribution >= 0.6 is 22.9 Å². The Balaban J connectivity index is 1.73. The second-order valence-corrected chi connectivity index (χ2v) is 8.05. The highest BCUT2D eigenvalue weighted by molar-refractivity contribution is 7.15. The van der Waals surface area contributed by atoms with Gasteiger partial charge >= 0.3 is 0 Å². The van der Waals surface area contributed by atoms with Gasteiger partial charge in [-0.05, 0) is 39.4 Å². The SMILES string of the molecule is Cc1c(Cl)cccc1-c1nc2c(s1)CN(C(=O)CN(C)C(C)C)C2. The van der Waals surface area contributed by atoms with E-state index in [1.807, 2.05) is 31.0 Å². The van der Waals surface area contributed by atoms with Crippen LogP contribution in [0.4, 0.5) is 0 Å². The predicted octanol–water partition coefficient (Wildman–Crippen LogP) is 3.95. The number of carbonyl (C=O) groups is 1. The molecule has 1 aliphatic heterocycles. The van der Waals surface area contributed by atoms with Crippen LogP contribution in [0.3, 0.4) is 0 Å². The molecule has 0 aliphatic carbocycles. The maximum atomic E-state index is 12.4. The van der Waals surface area contributed by atoms with E-state index < -0.39 is 0 Å². The zero-order chi connectivity index (χ0) is 17.4. The summed E-state index contributed by atoms with van der Waals surface area (Å²) in [4.78, 5) is 22.3. The number of halogens is 1. The minimum Gasteiger partial charge on any atom is -0.330 e. The zero-order valence-corrected chi connectivity index (χ0v) is 16.0. The average Bonchev–Trinajstić information content (AvgIpc) is 3.08. The van der Waals surface area contributed by atoms with Crippen LogP contribution in [0.1, 0.15) is 30.0 Å². The van der Waals surface area contributed by atoms with Crippen LogP contribution < -0.4 is 0 Å². The lowest BCUT2D eigenvalue weighted by atomic mass is 10.1. The van der Waals surface area contributed by atoms with Gasteiger partial charge in [-0.15, -0.1) is 11.3 Å². The van der Waals surface area contributed by atoms with Gasteiger partial charge in [0, 0.05) is 21.5 Å². The second kappa shape index (κ2) is 6.82. The topological polar surface area (TPSA) is 36.4 Å². The third-order valence-corrected chi connectivity index (χ3v) is 6.10. The largest absolute Gasteiger partial charge is 0.330 e. The molecule has 0 radical (unpaired) electrons. The smallest absolute Gasteiger partial charge is 0.237 e. The van der Waals surface area contributed by atoms with E-state index in [0.29, 0.717) is 25.7 Å². The maximum Gasteiger partial charge on any atom is 0.237 e. The molecule has 0 bridgehead atoms. The molecule has 1 amide bonds. The van der Waals surface area contributed by atoms with Crippen molar-refractivity contribution in [3.63, 3.8) is 0 Å². The number of hydrogen-bond acceptors (Lipinski definition) is 4. The van der Waals surface area contributed by atoms with Gasteiger partial charge in [-0.25, -0.2) is 4.98 Å². The summed E-state index contributed by atoms with van der Waals surface area (Å²) in [6.45, 7) is 7.92. The summed E-state index contributed by atoms with van der Waals surface area (Å²) in [6, 6.07) is 6.26. The van der Waals surface area contributed by atoms with E-state index in [1.54, 1.807) is 11.3 Å². The van der Waals surface area contributed by atoms with Gasteiger partial charge in [-0.2, -0.15) is 0 Å².